The zero-order valence-electron chi connectivity index (χ0n) is 12.5. The number of aliphatic hydroxyl groups excluding tert-OH is 1. The van der Waals surface area contributed by atoms with Gasteiger partial charge in [-0.15, -0.1) is 0 Å². The van der Waals surface area contributed by atoms with E-state index in [1.165, 1.54) is 0 Å². The standard InChI is InChI=1S/C18H23NO2/c1-2-21-18-10-6-9-16(12-18)13-19-14-17(20)11-15-7-4-3-5-8-15/h3-10,12,17,19-20H,2,11,13-14H2,1H3. The second-order valence-corrected chi connectivity index (χ2v) is 5.05. The summed E-state index contributed by atoms with van der Waals surface area (Å²) in [4.78, 5) is 0. The summed E-state index contributed by atoms with van der Waals surface area (Å²) in [6.45, 7) is 3.96. The van der Waals surface area contributed by atoms with E-state index < -0.39 is 0 Å². The maximum atomic E-state index is 10.0. The highest BCUT2D eigenvalue weighted by molar-refractivity contribution is 5.28. The van der Waals surface area contributed by atoms with Crippen molar-refractivity contribution in [1.82, 2.24) is 5.32 Å². The molecule has 0 aliphatic rings. The fourth-order valence-electron chi connectivity index (χ4n) is 2.25. The molecule has 0 radical (unpaired) electrons. The van der Waals surface area contributed by atoms with Gasteiger partial charge in [-0.25, -0.2) is 0 Å². The molecule has 0 spiro atoms. The lowest BCUT2D eigenvalue weighted by Gasteiger charge is -2.12. The van der Waals surface area contributed by atoms with Crippen LogP contribution in [0.2, 0.25) is 0 Å². The minimum absolute atomic E-state index is 0.373. The van der Waals surface area contributed by atoms with Gasteiger partial charge in [0.05, 0.1) is 12.7 Å². The van der Waals surface area contributed by atoms with Crippen molar-refractivity contribution >= 4 is 0 Å². The van der Waals surface area contributed by atoms with Crippen molar-refractivity contribution in [3.05, 3.63) is 65.7 Å². The number of benzene rings is 2. The molecular formula is C18H23NO2. The molecule has 2 aromatic carbocycles. The van der Waals surface area contributed by atoms with Gasteiger partial charge in [-0.3, -0.25) is 0 Å². The number of ether oxygens (including phenoxy) is 1. The molecule has 2 rings (SSSR count). The average molecular weight is 285 g/mol. The molecule has 112 valence electrons. The lowest BCUT2D eigenvalue weighted by atomic mass is 10.1. The molecule has 0 saturated carbocycles. The second-order valence-electron chi connectivity index (χ2n) is 5.05. The van der Waals surface area contributed by atoms with E-state index in [0.717, 1.165) is 23.4 Å². The summed E-state index contributed by atoms with van der Waals surface area (Å²) in [7, 11) is 0. The van der Waals surface area contributed by atoms with Gasteiger partial charge in [0.15, 0.2) is 0 Å². The molecule has 0 aromatic heterocycles. The van der Waals surface area contributed by atoms with Gasteiger partial charge in [0.25, 0.3) is 0 Å². The van der Waals surface area contributed by atoms with Gasteiger partial charge in [0.1, 0.15) is 5.75 Å². The molecule has 21 heavy (non-hydrogen) atoms. The molecule has 3 nitrogen and oxygen atoms in total. The van der Waals surface area contributed by atoms with Crippen molar-refractivity contribution in [2.75, 3.05) is 13.2 Å². The Hall–Kier alpha value is -1.84. The summed E-state index contributed by atoms with van der Waals surface area (Å²) in [5.74, 6) is 0.890. The van der Waals surface area contributed by atoms with Crippen LogP contribution in [0, 0.1) is 0 Å². The predicted molar refractivity (Wildman–Crippen MR) is 85.5 cm³/mol. The topological polar surface area (TPSA) is 41.5 Å². The van der Waals surface area contributed by atoms with Crippen LogP contribution in [0.1, 0.15) is 18.1 Å². The molecule has 0 amide bonds. The smallest absolute Gasteiger partial charge is 0.119 e. The van der Waals surface area contributed by atoms with Crippen molar-refractivity contribution < 1.29 is 9.84 Å². The van der Waals surface area contributed by atoms with Gasteiger partial charge in [-0.2, -0.15) is 0 Å². The first-order valence-electron chi connectivity index (χ1n) is 7.42. The first-order valence-corrected chi connectivity index (χ1v) is 7.42. The first-order chi connectivity index (χ1) is 10.3. The monoisotopic (exact) mass is 285 g/mol. The molecule has 0 fully saturated rings. The third-order valence-corrected chi connectivity index (χ3v) is 3.23. The van der Waals surface area contributed by atoms with Crippen LogP contribution >= 0.6 is 0 Å². The highest BCUT2D eigenvalue weighted by atomic mass is 16.5. The van der Waals surface area contributed by atoms with Gasteiger partial charge < -0.3 is 15.2 Å². The van der Waals surface area contributed by atoms with Crippen molar-refractivity contribution in [3.8, 4) is 5.75 Å². The Bertz CT molecular complexity index is 528. The van der Waals surface area contributed by atoms with Crippen LogP contribution in [0.5, 0.6) is 5.75 Å². The molecule has 0 saturated heterocycles. The zero-order valence-corrected chi connectivity index (χ0v) is 12.5. The van der Waals surface area contributed by atoms with Crippen molar-refractivity contribution in [3.63, 3.8) is 0 Å². The lowest BCUT2D eigenvalue weighted by molar-refractivity contribution is 0.171. The molecular weight excluding hydrogens is 262 g/mol. The van der Waals surface area contributed by atoms with E-state index in [-0.39, 0.29) is 6.10 Å². The number of aliphatic hydroxyl groups is 1. The second kappa shape index (κ2) is 8.45. The third kappa shape index (κ3) is 5.58. The molecule has 0 heterocycles. The van der Waals surface area contributed by atoms with Crippen LogP contribution in [-0.4, -0.2) is 24.4 Å². The Balaban J connectivity index is 1.74. The Morgan fingerprint density at radius 3 is 2.57 bits per heavy atom. The first kappa shape index (κ1) is 15.5. The van der Waals surface area contributed by atoms with E-state index in [1.807, 2.05) is 55.5 Å². The summed E-state index contributed by atoms with van der Waals surface area (Å²) in [5, 5.41) is 13.3. The number of hydrogen-bond acceptors (Lipinski definition) is 3. The van der Waals surface area contributed by atoms with Crippen molar-refractivity contribution in [1.29, 1.82) is 0 Å². The lowest BCUT2D eigenvalue weighted by Crippen LogP contribution is -2.28. The Morgan fingerprint density at radius 1 is 1.05 bits per heavy atom. The quantitative estimate of drug-likeness (QED) is 0.783. The molecule has 0 aliphatic carbocycles. The maximum Gasteiger partial charge on any atom is 0.119 e. The van der Waals surface area contributed by atoms with E-state index in [4.69, 9.17) is 4.74 Å². The van der Waals surface area contributed by atoms with Gasteiger partial charge in [0.2, 0.25) is 0 Å². The van der Waals surface area contributed by atoms with Crippen LogP contribution < -0.4 is 10.1 Å². The normalized spacial score (nSPS) is 12.1. The summed E-state index contributed by atoms with van der Waals surface area (Å²) >= 11 is 0. The molecule has 2 N–H and O–H groups in total. The van der Waals surface area contributed by atoms with Gasteiger partial charge in [-0.1, -0.05) is 42.5 Å². The molecule has 0 aliphatic heterocycles. The largest absolute Gasteiger partial charge is 0.494 e. The SMILES string of the molecule is CCOc1cccc(CNCC(O)Cc2ccccc2)c1. The summed E-state index contributed by atoms with van der Waals surface area (Å²) in [5.41, 5.74) is 2.32. The highest BCUT2D eigenvalue weighted by Gasteiger charge is 2.05. The van der Waals surface area contributed by atoms with Crippen LogP contribution in [0.4, 0.5) is 0 Å². The molecule has 2 aromatic rings. The highest BCUT2D eigenvalue weighted by Crippen LogP contribution is 2.13. The van der Waals surface area contributed by atoms with Gasteiger partial charge in [0, 0.05) is 13.1 Å². The summed E-state index contributed by atoms with van der Waals surface area (Å²) in [6.07, 6.45) is 0.301. The predicted octanol–water partition coefficient (Wildman–Crippen LogP) is 2.78. The fraction of sp³-hybridized carbons (Fsp3) is 0.333. The fourth-order valence-corrected chi connectivity index (χ4v) is 2.25. The average Bonchev–Trinajstić information content (AvgIpc) is 2.49. The molecule has 1 unspecified atom stereocenters. The minimum Gasteiger partial charge on any atom is -0.494 e. The van der Waals surface area contributed by atoms with Crippen molar-refractivity contribution in [2.24, 2.45) is 0 Å². The van der Waals surface area contributed by atoms with Crippen molar-refractivity contribution in [2.45, 2.75) is 26.0 Å². The van der Waals surface area contributed by atoms with Crippen LogP contribution in [0.3, 0.4) is 0 Å². The van der Waals surface area contributed by atoms with Gasteiger partial charge >= 0.3 is 0 Å². The van der Waals surface area contributed by atoms with E-state index in [0.29, 0.717) is 19.6 Å². The molecule has 0 bridgehead atoms. The number of hydrogen-bond donors (Lipinski definition) is 2. The number of nitrogens with one attached hydrogen (secondary N) is 1. The van der Waals surface area contributed by atoms with Crippen LogP contribution in [-0.2, 0) is 13.0 Å². The summed E-state index contributed by atoms with van der Waals surface area (Å²) < 4.78 is 5.48. The Labute approximate surface area is 126 Å². The van der Waals surface area contributed by atoms with Crippen LogP contribution in [0.25, 0.3) is 0 Å². The van der Waals surface area contributed by atoms with E-state index in [2.05, 4.69) is 11.4 Å². The molecule has 1 atom stereocenters. The van der Waals surface area contributed by atoms with Crippen LogP contribution in [0.15, 0.2) is 54.6 Å². The van der Waals surface area contributed by atoms with E-state index >= 15 is 0 Å². The summed E-state index contributed by atoms with van der Waals surface area (Å²) in [6, 6.07) is 18.1. The number of rotatable bonds is 8. The third-order valence-electron chi connectivity index (χ3n) is 3.23. The van der Waals surface area contributed by atoms with E-state index in [9.17, 15) is 5.11 Å². The van der Waals surface area contributed by atoms with E-state index in [1.54, 1.807) is 0 Å². The Kier molecular flexibility index (Phi) is 6.25. The van der Waals surface area contributed by atoms with Gasteiger partial charge in [-0.05, 0) is 36.6 Å². The molecule has 3 heteroatoms. The zero-order chi connectivity index (χ0) is 14.9. The maximum absolute atomic E-state index is 10.0. The Morgan fingerprint density at radius 2 is 1.81 bits per heavy atom. The minimum atomic E-state index is -0.373.